The molecule has 0 heterocycles. The van der Waals surface area contributed by atoms with Crippen LogP contribution in [0.15, 0.2) is 158 Å². The van der Waals surface area contributed by atoms with Gasteiger partial charge in [-0.25, -0.2) is 4.79 Å². The minimum atomic E-state index is -0.851. The van der Waals surface area contributed by atoms with Gasteiger partial charge in [0, 0.05) is 28.8 Å². The summed E-state index contributed by atoms with van der Waals surface area (Å²) in [5.74, 6) is -0.0147. The van der Waals surface area contributed by atoms with E-state index in [0.717, 1.165) is 33.4 Å². The molecule has 0 atom stereocenters. The van der Waals surface area contributed by atoms with E-state index < -0.39 is 12.1 Å². The van der Waals surface area contributed by atoms with Crippen LogP contribution in [0.4, 0.5) is 0 Å². The summed E-state index contributed by atoms with van der Waals surface area (Å²) >= 11 is 11.4. The lowest BCUT2D eigenvalue weighted by molar-refractivity contribution is -0.147. The van der Waals surface area contributed by atoms with Gasteiger partial charge >= 0.3 is 5.97 Å². The minimum absolute atomic E-state index is 0.0491. The van der Waals surface area contributed by atoms with Crippen molar-refractivity contribution in [3.63, 3.8) is 0 Å². The van der Waals surface area contributed by atoms with Gasteiger partial charge in [0.05, 0.1) is 9.73 Å². The van der Waals surface area contributed by atoms with Gasteiger partial charge in [0.15, 0.2) is 6.10 Å². The minimum Gasteiger partial charge on any atom is -0.507 e. The van der Waals surface area contributed by atoms with Crippen molar-refractivity contribution in [3.05, 3.63) is 180 Å². The molecule has 0 aliphatic heterocycles. The predicted molar refractivity (Wildman–Crippen MR) is 217 cm³/mol. The Morgan fingerprint density at radius 3 is 1.32 bits per heavy atom. The highest BCUT2D eigenvalue weighted by molar-refractivity contribution is 7.81. The van der Waals surface area contributed by atoms with Crippen LogP contribution >= 0.6 is 24.4 Å². The second kappa shape index (κ2) is 17.0. The van der Waals surface area contributed by atoms with Crippen molar-refractivity contribution in [3.8, 4) is 45.3 Å². The van der Waals surface area contributed by atoms with Gasteiger partial charge in [-0.15, -0.1) is 0 Å². The number of ether oxygens (including phenoxy) is 3. The molecule has 0 radical (unpaired) electrons. The largest absolute Gasteiger partial charge is 0.507 e. The molecule has 8 heteroatoms. The summed E-state index contributed by atoms with van der Waals surface area (Å²) in [6, 6.07) is 45.5. The van der Waals surface area contributed by atoms with Crippen molar-refractivity contribution >= 4 is 40.1 Å². The number of phenolic OH excluding ortho intramolecular Hbond substituents is 2. The normalized spacial score (nSPS) is 10.8. The van der Waals surface area contributed by atoms with Gasteiger partial charge in [-0.1, -0.05) is 140 Å². The Balaban J connectivity index is 1.08. The molecule has 0 unspecified atom stereocenters. The highest BCUT2D eigenvalue weighted by Crippen LogP contribution is 2.30. The highest BCUT2D eigenvalue weighted by atomic mass is 32.1. The summed E-state index contributed by atoms with van der Waals surface area (Å²) < 4.78 is 17.4. The summed E-state index contributed by atoms with van der Waals surface area (Å²) in [6.45, 7) is 5.04. The molecule has 0 aromatic heterocycles. The van der Waals surface area contributed by atoms with E-state index >= 15 is 0 Å². The van der Waals surface area contributed by atoms with Gasteiger partial charge in [0.1, 0.15) is 36.2 Å². The molecule has 0 amide bonds. The van der Waals surface area contributed by atoms with Gasteiger partial charge in [-0.3, -0.25) is 0 Å². The van der Waals surface area contributed by atoms with Gasteiger partial charge in [0.25, 0.3) is 0 Å². The van der Waals surface area contributed by atoms with E-state index in [9.17, 15) is 15.0 Å². The van der Waals surface area contributed by atoms with Crippen molar-refractivity contribution in [2.45, 2.75) is 13.0 Å². The number of benzene rings is 6. The SMILES string of the molecule is C=C(C)C(=O)OC(COc1ccc(C(=S)c2ccc(-c3ccccc3)cc2)c(O)c1)COc1ccc(C(=S)c2ccc(-c3ccccc3)cc2)c(O)c1. The van der Waals surface area contributed by atoms with E-state index in [1.165, 1.54) is 12.1 Å². The summed E-state index contributed by atoms with van der Waals surface area (Å²) in [7, 11) is 0. The van der Waals surface area contributed by atoms with Crippen LogP contribution in [-0.2, 0) is 9.53 Å². The second-order valence-electron chi connectivity index (χ2n) is 12.3. The molecule has 0 spiro atoms. The van der Waals surface area contributed by atoms with Gasteiger partial charge < -0.3 is 24.4 Å². The molecule has 53 heavy (non-hydrogen) atoms. The molecule has 6 aromatic carbocycles. The fourth-order valence-corrected chi connectivity index (χ4v) is 6.15. The molecule has 0 saturated heterocycles. The molecule has 0 aliphatic rings. The number of carbonyl (C=O) groups is 1. The monoisotopic (exact) mass is 736 g/mol. The fourth-order valence-electron chi connectivity index (χ4n) is 5.53. The Morgan fingerprint density at radius 2 is 0.962 bits per heavy atom. The van der Waals surface area contributed by atoms with E-state index in [4.69, 9.17) is 38.6 Å². The third kappa shape index (κ3) is 9.23. The second-order valence-corrected chi connectivity index (χ2v) is 13.1. The average molecular weight is 737 g/mol. The molecular weight excluding hydrogens is 701 g/mol. The van der Waals surface area contributed by atoms with Crippen molar-refractivity contribution in [1.82, 2.24) is 0 Å². The zero-order valence-electron chi connectivity index (χ0n) is 28.9. The molecule has 0 saturated carbocycles. The molecule has 0 aliphatic carbocycles. The first kappa shape index (κ1) is 36.7. The van der Waals surface area contributed by atoms with Crippen molar-refractivity contribution in [2.75, 3.05) is 13.2 Å². The lowest BCUT2D eigenvalue weighted by Crippen LogP contribution is -2.31. The highest BCUT2D eigenvalue weighted by Gasteiger charge is 2.19. The van der Waals surface area contributed by atoms with E-state index in [2.05, 4.69) is 6.58 Å². The molecule has 6 rings (SSSR count). The number of hydrogen-bond donors (Lipinski definition) is 2. The maximum Gasteiger partial charge on any atom is 0.333 e. The smallest absolute Gasteiger partial charge is 0.333 e. The van der Waals surface area contributed by atoms with E-state index in [1.54, 1.807) is 31.2 Å². The number of esters is 1. The predicted octanol–water partition coefficient (Wildman–Crippen LogP) is 9.91. The summed E-state index contributed by atoms with van der Waals surface area (Å²) in [5, 5.41) is 21.8. The van der Waals surface area contributed by atoms with Crippen LogP contribution in [0, 0.1) is 0 Å². The van der Waals surface area contributed by atoms with Crippen LogP contribution in [-0.4, -0.2) is 45.2 Å². The lowest BCUT2D eigenvalue weighted by Gasteiger charge is -2.20. The fraction of sp³-hybridized carbons (Fsp3) is 0.0889. The van der Waals surface area contributed by atoms with Crippen molar-refractivity contribution < 1.29 is 29.2 Å². The average Bonchev–Trinajstić information content (AvgIpc) is 3.19. The zero-order valence-corrected chi connectivity index (χ0v) is 30.5. The number of hydrogen-bond acceptors (Lipinski definition) is 8. The number of phenols is 2. The van der Waals surface area contributed by atoms with Crippen molar-refractivity contribution in [1.29, 1.82) is 0 Å². The Labute approximate surface area is 319 Å². The Bertz CT molecular complexity index is 2100. The first-order valence-corrected chi connectivity index (χ1v) is 17.7. The summed E-state index contributed by atoms with van der Waals surface area (Å²) in [5.41, 5.74) is 7.12. The van der Waals surface area contributed by atoms with Crippen LogP contribution in [0.3, 0.4) is 0 Å². The lowest BCUT2D eigenvalue weighted by atomic mass is 9.99. The van der Waals surface area contributed by atoms with Crippen LogP contribution in [0.2, 0.25) is 0 Å². The van der Waals surface area contributed by atoms with E-state index in [-0.39, 0.29) is 30.3 Å². The van der Waals surface area contributed by atoms with Crippen LogP contribution < -0.4 is 9.47 Å². The molecule has 0 bridgehead atoms. The topological polar surface area (TPSA) is 85.2 Å². The Morgan fingerprint density at radius 1 is 0.585 bits per heavy atom. The van der Waals surface area contributed by atoms with Crippen LogP contribution in [0.5, 0.6) is 23.0 Å². The number of carbonyl (C=O) groups excluding carboxylic acids is 1. The Kier molecular flexibility index (Phi) is 11.7. The van der Waals surface area contributed by atoms with Crippen LogP contribution in [0.1, 0.15) is 29.2 Å². The van der Waals surface area contributed by atoms with Crippen LogP contribution in [0.25, 0.3) is 22.3 Å². The quantitative estimate of drug-likeness (QED) is 0.0495. The molecular formula is C45H36O6S2. The first-order chi connectivity index (χ1) is 25.7. The van der Waals surface area contributed by atoms with Gasteiger partial charge in [-0.2, -0.15) is 0 Å². The van der Waals surface area contributed by atoms with Gasteiger partial charge in [0.2, 0.25) is 0 Å². The summed E-state index contributed by atoms with van der Waals surface area (Å²) in [6.07, 6.45) is -0.851. The van der Waals surface area contributed by atoms with Gasteiger partial charge in [-0.05, 0) is 64.6 Å². The Hall–Kier alpha value is -6.09. The standard InChI is InChI=1S/C45H36O6S2/c1-29(2)45(48)51-38(27-49-36-21-23-39(41(46)25-36)43(52)34-17-13-32(14-18-34)30-9-5-3-6-10-30)28-50-37-22-24-40(42(47)26-37)44(53)35-19-15-33(16-20-35)31-11-7-4-8-12-31/h3-26,38,46-47H,1,27-28H2,2H3. The number of aromatic hydroxyl groups is 2. The summed E-state index contributed by atoms with van der Waals surface area (Å²) in [4.78, 5) is 13.4. The van der Waals surface area contributed by atoms with E-state index in [0.29, 0.717) is 32.4 Å². The first-order valence-electron chi connectivity index (χ1n) is 16.8. The van der Waals surface area contributed by atoms with E-state index in [1.807, 2.05) is 109 Å². The number of rotatable bonds is 14. The maximum atomic E-state index is 12.5. The number of thiocarbonyl (C=S) groups is 2. The molecule has 0 fully saturated rings. The zero-order chi connectivity index (χ0) is 37.3. The maximum absolute atomic E-state index is 12.5. The molecule has 2 N–H and O–H groups in total. The molecule has 264 valence electrons. The third-order valence-corrected chi connectivity index (χ3v) is 9.34. The molecule has 6 aromatic rings. The molecule has 6 nitrogen and oxygen atoms in total. The third-order valence-electron chi connectivity index (χ3n) is 8.43. The van der Waals surface area contributed by atoms with Crippen molar-refractivity contribution in [2.24, 2.45) is 0 Å².